The lowest BCUT2D eigenvalue weighted by atomic mass is 9.74. The Kier molecular flexibility index (Phi) is 4.92. The Morgan fingerprint density at radius 1 is 1.21 bits per heavy atom. The molecule has 0 saturated carbocycles. The third kappa shape index (κ3) is 3.64. The molecule has 156 valence electrons. The minimum absolute atomic E-state index is 0.0289. The summed E-state index contributed by atoms with van der Waals surface area (Å²) >= 11 is 0. The van der Waals surface area contributed by atoms with E-state index in [0.29, 0.717) is 19.0 Å². The number of likely N-dealkylation sites (tertiary alicyclic amines) is 1. The van der Waals surface area contributed by atoms with Gasteiger partial charge in [0, 0.05) is 51.4 Å². The smallest absolute Gasteiger partial charge is 0.381 e. The zero-order chi connectivity index (χ0) is 20.2. The third-order valence-corrected chi connectivity index (χ3v) is 7.70. The van der Waals surface area contributed by atoms with E-state index in [9.17, 15) is 21.6 Å². The maximum atomic E-state index is 12.8. The second-order valence-corrected chi connectivity index (χ2v) is 10.0. The second kappa shape index (κ2) is 6.89. The molecule has 11 heteroatoms. The van der Waals surface area contributed by atoms with Crippen LogP contribution in [-0.4, -0.2) is 73.5 Å². The fourth-order valence-corrected chi connectivity index (χ4v) is 6.15. The summed E-state index contributed by atoms with van der Waals surface area (Å²) in [6.45, 7) is 6.40. The van der Waals surface area contributed by atoms with Gasteiger partial charge >= 0.3 is 6.18 Å². The first kappa shape index (κ1) is 20.0. The molecular formula is C17H23F3N4O3S. The molecule has 3 aliphatic heterocycles. The summed E-state index contributed by atoms with van der Waals surface area (Å²) in [6, 6.07) is 0. The molecule has 3 aliphatic rings. The minimum atomic E-state index is -4.70. The molecule has 4 rings (SSSR count). The fourth-order valence-electron chi connectivity index (χ4n) is 4.38. The van der Waals surface area contributed by atoms with E-state index >= 15 is 0 Å². The Hall–Kier alpha value is -1.30. The minimum Gasteiger partial charge on any atom is -0.381 e. The molecule has 0 aromatic carbocycles. The van der Waals surface area contributed by atoms with Crippen LogP contribution in [0.2, 0.25) is 0 Å². The summed E-state index contributed by atoms with van der Waals surface area (Å²) in [5.74, 6) is -0.690. The number of hydrogen-bond acceptors (Lipinski definition) is 6. The van der Waals surface area contributed by atoms with E-state index < -0.39 is 22.0 Å². The number of aryl methyl sites for hydroxylation is 1. The Bertz CT molecular complexity index is 842. The molecule has 0 aliphatic carbocycles. The van der Waals surface area contributed by atoms with Crippen LogP contribution < -0.4 is 0 Å². The summed E-state index contributed by atoms with van der Waals surface area (Å²) in [6.07, 6.45) is -1.80. The molecule has 0 atom stereocenters. The third-order valence-electron chi connectivity index (χ3n) is 5.80. The van der Waals surface area contributed by atoms with Gasteiger partial charge in [0.05, 0.1) is 11.9 Å². The van der Waals surface area contributed by atoms with Crippen molar-refractivity contribution in [1.29, 1.82) is 0 Å². The van der Waals surface area contributed by atoms with Gasteiger partial charge in [0.25, 0.3) is 0 Å². The lowest BCUT2D eigenvalue weighted by molar-refractivity contribution is -0.145. The van der Waals surface area contributed by atoms with Crippen LogP contribution in [0.3, 0.4) is 0 Å². The predicted molar refractivity (Wildman–Crippen MR) is 92.9 cm³/mol. The first-order chi connectivity index (χ1) is 13.1. The largest absolute Gasteiger partial charge is 0.451 e. The van der Waals surface area contributed by atoms with Crippen LogP contribution in [0.25, 0.3) is 0 Å². The normalized spacial score (nSPS) is 24.1. The summed E-state index contributed by atoms with van der Waals surface area (Å²) in [7, 11) is -3.88. The van der Waals surface area contributed by atoms with Crippen LogP contribution in [0.1, 0.15) is 24.4 Å². The Labute approximate surface area is 161 Å². The van der Waals surface area contributed by atoms with Crippen LogP contribution >= 0.6 is 0 Å². The molecule has 0 amide bonds. The van der Waals surface area contributed by atoms with Crippen LogP contribution in [0.4, 0.5) is 13.2 Å². The van der Waals surface area contributed by atoms with Crippen LogP contribution in [0.15, 0.2) is 11.1 Å². The summed E-state index contributed by atoms with van der Waals surface area (Å²) in [5.41, 5.74) is -0.211. The SMILES string of the molecule is Cc1nc(C(F)(F)F)ncc1S(=O)(=O)N1CC2(CN(CC3CCOCC3)C2)C1. The van der Waals surface area contributed by atoms with Gasteiger partial charge in [-0.05, 0) is 25.7 Å². The second-order valence-electron chi connectivity index (χ2n) is 8.14. The Morgan fingerprint density at radius 2 is 1.86 bits per heavy atom. The van der Waals surface area contributed by atoms with E-state index in [1.807, 2.05) is 0 Å². The van der Waals surface area contributed by atoms with Gasteiger partial charge in [-0.3, -0.25) is 0 Å². The molecule has 7 nitrogen and oxygen atoms in total. The number of hydrogen-bond donors (Lipinski definition) is 0. The monoisotopic (exact) mass is 420 g/mol. The lowest BCUT2D eigenvalue weighted by Gasteiger charge is -2.60. The molecule has 1 aromatic rings. The van der Waals surface area contributed by atoms with Gasteiger partial charge in [0.15, 0.2) is 0 Å². The number of halogens is 3. The maximum absolute atomic E-state index is 12.8. The number of rotatable bonds is 4. The van der Waals surface area contributed by atoms with Crippen molar-refractivity contribution < 1.29 is 26.3 Å². The van der Waals surface area contributed by atoms with Crippen molar-refractivity contribution in [1.82, 2.24) is 19.2 Å². The summed E-state index contributed by atoms with van der Waals surface area (Å²) in [4.78, 5) is 8.64. The van der Waals surface area contributed by atoms with Crippen molar-refractivity contribution in [3.63, 3.8) is 0 Å². The number of aromatic nitrogens is 2. The molecule has 1 aromatic heterocycles. The van der Waals surface area contributed by atoms with E-state index in [2.05, 4.69) is 14.9 Å². The van der Waals surface area contributed by atoms with Gasteiger partial charge in [0.1, 0.15) is 4.90 Å². The average Bonchev–Trinajstić information content (AvgIpc) is 2.55. The lowest BCUT2D eigenvalue weighted by Crippen LogP contribution is -2.73. The van der Waals surface area contributed by atoms with Crippen LogP contribution in [0, 0.1) is 18.3 Å². The predicted octanol–water partition coefficient (Wildman–Crippen LogP) is 1.54. The Balaban J connectivity index is 1.35. The topological polar surface area (TPSA) is 75.6 Å². The van der Waals surface area contributed by atoms with Gasteiger partial charge < -0.3 is 9.64 Å². The number of ether oxygens (including phenoxy) is 1. The molecule has 0 bridgehead atoms. The van der Waals surface area contributed by atoms with Crippen LogP contribution in [-0.2, 0) is 20.9 Å². The standard InChI is InChI=1S/C17H23F3N4O3S/c1-12-14(6-21-15(22-12)17(18,19)20)28(25,26)24-10-16(11-24)8-23(9-16)7-13-2-4-27-5-3-13/h6,13H,2-5,7-11H2,1H3. The van der Waals surface area contributed by atoms with Gasteiger partial charge in [-0.25, -0.2) is 18.4 Å². The molecule has 4 heterocycles. The van der Waals surface area contributed by atoms with Crippen molar-refractivity contribution >= 4 is 10.0 Å². The van der Waals surface area contributed by atoms with Gasteiger partial charge in [0.2, 0.25) is 15.8 Å². The maximum Gasteiger partial charge on any atom is 0.451 e. The van der Waals surface area contributed by atoms with Crippen molar-refractivity contribution in [3.05, 3.63) is 17.7 Å². The first-order valence-electron chi connectivity index (χ1n) is 9.30. The molecule has 3 saturated heterocycles. The highest BCUT2D eigenvalue weighted by Crippen LogP contribution is 2.43. The molecule has 0 unspecified atom stereocenters. The van der Waals surface area contributed by atoms with E-state index in [4.69, 9.17) is 4.74 Å². The quantitative estimate of drug-likeness (QED) is 0.736. The molecular weight excluding hydrogens is 397 g/mol. The highest BCUT2D eigenvalue weighted by atomic mass is 32.2. The Morgan fingerprint density at radius 3 is 2.43 bits per heavy atom. The van der Waals surface area contributed by atoms with Gasteiger partial charge in [-0.15, -0.1) is 0 Å². The zero-order valence-electron chi connectivity index (χ0n) is 15.6. The first-order valence-corrected chi connectivity index (χ1v) is 10.7. The van der Waals surface area contributed by atoms with Gasteiger partial charge in [-0.1, -0.05) is 0 Å². The highest BCUT2D eigenvalue weighted by molar-refractivity contribution is 7.89. The van der Waals surface area contributed by atoms with Gasteiger partial charge in [-0.2, -0.15) is 17.5 Å². The molecule has 3 fully saturated rings. The van der Waals surface area contributed by atoms with Crippen molar-refractivity contribution in [2.45, 2.75) is 30.8 Å². The fraction of sp³-hybridized carbons (Fsp3) is 0.765. The van der Waals surface area contributed by atoms with E-state index in [1.54, 1.807) is 0 Å². The van der Waals surface area contributed by atoms with Crippen molar-refractivity contribution in [2.24, 2.45) is 11.3 Å². The molecule has 0 radical (unpaired) electrons. The molecule has 0 N–H and O–H groups in total. The van der Waals surface area contributed by atoms with E-state index in [1.165, 1.54) is 11.2 Å². The van der Waals surface area contributed by atoms with Crippen molar-refractivity contribution in [3.8, 4) is 0 Å². The number of nitrogens with zero attached hydrogens (tertiary/aromatic N) is 4. The van der Waals surface area contributed by atoms with E-state index in [-0.39, 0.29) is 16.0 Å². The van der Waals surface area contributed by atoms with Crippen molar-refractivity contribution in [2.75, 3.05) is 45.9 Å². The zero-order valence-corrected chi connectivity index (χ0v) is 16.4. The molecule has 28 heavy (non-hydrogen) atoms. The molecule has 1 spiro atoms. The summed E-state index contributed by atoms with van der Waals surface area (Å²) in [5, 5.41) is 0. The number of sulfonamides is 1. The van der Waals surface area contributed by atoms with Crippen LogP contribution in [0.5, 0.6) is 0 Å². The van der Waals surface area contributed by atoms with E-state index in [0.717, 1.165) is 51.9 Å². The summed E-state index contributed by atoms with van der Waals surface area (Å²) < 4.78 is 70.3. The average molecular weight is 420 g/mol. The number of alkyl halides is 3. The highest BCUT2D eigenvalue weighted by Gasteiger charge is 2.55.